The molecular formula is C35H65N3O2+2. The van der Waals surface area contributed by atoms with Crippen LogP contribution in [0.4, 0.5) is 4.79 Å². The van der Waals surface area contributed by atoms with Crippen LogP contribution < -0.4 is 16.4 Å². The number of rotatable bonds is 14. The van der Waals surface area contributed by atoms with Crippen molar-refractivity contribution in [3.05, 3.63) is 11.6 Å². The van der Waals surface area contributed by atoms with E-state index in [0.29, 0.717) is 17.4 Å². The molecule has 5 nitrogen and oxygen atoms in total. The van der Waals surface area contributed by atoms with Crippen molar-refractivity contribution in [2.24, 2.45) is 46.3 Å². The van der Waals surface area contributed by atoms with Gasteiger partial charge in [-0.1, -0.05) is 65.5 Å². The molecule has 4 aliphatic carbocycles. The number of unbranched alkanes of at least 4 members (excludes halogenated alkanes) is 1. The number of ether oxygens (including phenoxy) is 1. The molecule has 0 heterocycles. The number of fused-ring (bicyclic) bond motifs is 5. The monoisotopic (exact) mass is 560 g/mol. The molecule has 5 heteroatoms. The van der Waals surface area contributed by atoms with Gasteiger partial charge in [-0.25, -0.2) is 4.79 Å². The zero-order chi connectivity index (χ0) is 28.8. The first-order valence-corrected chi connectivity index (χ1v) is 17.4. The molecule has 0 aromatic heterocycles. The van der Waals surface area contributed by atoms with Gasteiger partial charge >= 0.3 is 6.09 Å². The first-order valence-electron chi connectivity index (χ1n) is 17.4. The first-order chi connectivity index (χ1) is 19.2. The molecule has 4 aliphatic rings. The van der Waals surface area contributed by atoms with Crippen LogP contribution in [0.25, 0.3) is 0 Å². The Kier molecular flexibility index (Phi) is 11.5. The number of nitrogens with one attached hydrogen (secondary N) is 1. The Labute approximate surface area is 246 Å². The minimum Gasteiger partial charge on any atom is -0.446 e. The lowest BCUT2D eigenvalue weighted by molar-refractivity contribution is -0.655. The number of allylic oxidation sites excluding steroid dienone is 1. The SMILES string of the molecule is CC(C)CCC[C@@H](C)[C@H]1CC[C@H]2[C@@H]3CC=C4C[C@@H](OC(=O)NCCC[NH2+]CCCC[NH3+])CC[C@]4(C)[C@H]3CC[C@]12C. The summed E-state index contributed by atoms with van der Waals surface area (Å²) in [6.45, 7) is 16.5. The van der Waals surface area contributed by atoms with E-state index in [9.17, 15) is 4.79 Å². The van der Waals surface area contributed by atoms with Gasteiger partial charge in [0.25, 0.3) is 0 Å². The molecule has 0 aromatic carbocycles. The smallest absolute Gasteiger partial charge is 0.407 e. The summed E-state index contributed by atoms with van der Waals surface area (Å²) in [5.74, 6) is 5.20. The predicted molar refractivity (Wildman–Crippen MR) is 165 cm³/mol. The van der Waals surface area contributed by atoms with E-state index < -0.39 is 0 Å². The Morgan fingerprint density at radius 3 is 2.60 bits per heavy atom. The summed E-state index contributed by atoms with van der Waals surface area (Å²) < 4.78 is 5.95. The van der Waals surface area contributed by atoms with Gasteiger partial charge in [-0.05, 0) is 91.3 Å². The Hall–Kier alpha value is -1.07. The predicted octanol–water partition coefficient (Wildman–Crippen LogP) is 6.10. The summed E-state index contributed by atoms with van der Waals surface area (Å²) in [7, 11) is 0. The van der Waals surface area contributed by atoms with E-state index in [-0.39, 0.29) is 12.2 Å². The van der Waals surface area contributed by atoms with Crippen LogP contribution in [-0.4, -0.2) is 38.4 Å². The van der Waals surface area contributed by atoms with Gasteiger partial charge in [0, 0.05) is 32.2 Å². The van der Waals surface area contributed by atoms with E-state index in [1.54, 1.807) is 5.57 Å². The number of hydrogen-bond donors (Lipinski definition) is 3. The zero-order valence-electron chi connectivity index (χ0n) is 26.9. The van der Waals surface area contributed by atoms with E-state index in [1.807, 2.05) is 0 Å². The van der Waals surface area contributed by atoms with Crippen LogP contribution in [0.1, 0.15) is 125 Å². The molecule has 230 valence electrons. The van der Waals surface area contributed by atoms with Crippen molar-refractivity contribution in [3.63, 3.8) is 0 Å². The average Bonchev–Trinajstić information content (AvgIpc) is 3.27. The molecule has 0 spiro atoms. The second kappa shape index (κ2) is 14.4. The van der Waals surface area contributed by atoms with Crippen LogP contribution in [0.5, 0.6) is 0 Å². The van der Waals surface area contributed by atoms with Gasteiger partial charge in [0.1, 0.15) is 6.10 Å². The molecule has 3 saturated carbocycles. The molecule has 1 amide bonds. The minimum absolute atomic E-state index is 0.0431. The van der Waals surface area contributed by atoms with Crippen molar-refractivity contribution in [1.82, 2.24) is 5.32 Å². The molecule has 0 saturated heterocycles. The third kappa shape index (κ3) is 7.28. The molecule has 0 unspecified atom stereocenters. The highest BCUT2D eigenvalue weighted by molar-refractivity contribution is 5.67. The van der Waals surface area contributed by atoms with Crippen molar-refractivity contribution in [2.45, 2.75) is 131 Å². The maximum atomic E-state index is 12.5. The highest BCUT2D eigenvalue weighted by Gasteiger charge is 2.59. The zero-order valence-corrected chi connectivity index (χ0v) is 26.9. The second-order valence-corrected chi connectivity index (χ2v) is 15.3. The molecule has 0 bridgehead atoms. The van der Waals surface area contributed by atoms with Gasteiger partial charge in [-0.15, -0.1) is 0 Å². The van der Waals surface area contributed by atoms with Crippen LogP contribution in [0, 0.1) is 46.3 Å². The number of carbonyl (C=O) groups is 1. The van der Waals surface area contributed by atoms with Gasteiger partial charge in [0.15, 0.2) is 0 Å². The summed E-state index contributed by atoms with van der Waals surface area (Å²) in [4.78, 5) is 12.5. The van der Waals surface area contributed by atoms with Crippen molar-refractivity contribution in [2.75, 3.05) is 26.2 Å². The van der Waals surface area contributed by atoms with Crippen LogP contribution >= 0.6 is 0 Å². The molecule has 4 rings (SSSR count). The van der Waals surface area contributed by atoms with Crippen LogP contribution in [0.3, 0.4) is 0 Å². The van der Waals surface area contributed by atoms with Crippen molar-refractivity contribution >= 4 is 6.09 Å². The molecule has 3 fully saturated rings. The van der Waals surface area contributed by atoms with Crippen LogP contribution in [-0.2, 0) is 4.74 Å². The van der Waals surface area contributed by atoms with E-state index >= 15 is 0 Å². The number of carbonyl (C=O) groups excluding carboxylic acids is 1. The van der Waals surface area contributed by atoms with Crippen LogP contribution in [0.15, 0.2) is 11.6 Å². The third-order valence-electron chi connectivity index (χ3n) is 12.3. The number of nitrogens with two attached hydrogens (primary N) is 1. The van der Waals surface area contributed by atoms with Gasteiger partial charge in [0.2, 0.25) is 0 Å². The maximum absolute atomic E-state index is 12.5. The summed E-state index contributed by atoms with van der Waals surface area (Å²) in [6, 6.07) is 0. The molecule has 0 aliphatic heterocycles. The molecular weight excluding hydrogens is 494 g/mol. The average molecular weight is 560 g/mol. The van der Waals surface area contributed by atoms with Crippen molar-refractivity contribution in [3.8, 4) is 0 Å². The lowest BCUT2D eigenvalue weighted by atomic mass is 9.47. The maximum Gasteiger partial charge on any atom is 0.407 e. The lowest BCUT2D eigenvalue weighted by Crippen LogP contribution is -2.84. The van der Waals surface area contributed by atoms with Gasteiger partial charge < -0.3 is 21.1 Å². The fourth-order valence-corrected chi connectivity index (χ4v) is 9.99. The molecule has 6 N–H and O–H groups in total. The highest BCUT2D eigenvalue weighted by Crippen LogP contribution is 2.67. The number of amides is 1. The summed E-state index contributed by atoms with van der Waals surface area (Å²) in [6.07, 6.45) is 20.2. The Balaban J connectivity index is 1.26. The topological polar surface area (TPSA) is 82.6 Å². The largest absolute Gasteiger partial charge is 0.446 e. The lowest BCUT2D eigenvalue weighted by Gasteiger charge is -2.58. The van der Waals surface area contributed by atoms with Gasteiger partial charge in [-0.2, -0.15) is 0 Å². The summed E-state index contributed by atoms with van der Waals surface area (Å²) in [5.41, 5.74) is 6.36. The number of hydrogen-bond acceptors (Lipinski definition) is 2. The molecule has 40 heavy (non-hydrogen) atoms. The number of quaternary nitrogens is 2. The van der Waals surface area contributed by atoms with Gasteiger partial charge in [-0.3, -0.25) is 0 Å². The van der Waals surface area contributed by atoms with Crippen molar-refractivity contribution < 1.29 is 20.6 Å². The number of alkyl carbamates (subject to hydrolysis) is 1. The summed E-state index contributed by atoms with van der Waals surface area (Å²) in [5, 5.41) is 5.36. The first kappa shape index (κ1) is 31.9. The Morgan fingerprint density at radius 1 is 1.02 bits per heavy atom. The third-order valence-corrected chi connectivity index (χ3v) is 12.3. The Morgan fingerprint density at radius 2 is 1.82 bits per heavy atom. The standard InChI is InChI=1S/C35H63N3O2/c1-25(2)10-8-11-26(3)30-14-15-31-29-13-12-27-24-28(16-18-34(27,4)32(29)17-19-35(30,31)5)40-33(39)38-23-9-22-37-21-7-6-20-36/h12,25-26,28-32,37H,6-11,13-24,36H2,1-5H3,(H,38,39)/p+2/t26-,28+,29+,30-,31+,32+,34+,35-/m1/s1. The molecule has 8 atom stereocenters. The second-order valence-electron chi connectivity index (χ2n) is 15.3. The van der Waals surface area contributed by atoms with E-state index in [4.69, 9.17) is 4.74 Å². The minimum atomic E-state index is -0.215. The fourth-order valence-electron chi connectivity index (χ4n) is 9.99. The van der Waals surface area contributed by atoms with Crippen LogP contribution in [0.2, 0.25) is 0 Å². The molecule has 0 radical (unpaired) electrons. The molecule has 0 aromatic rings. The summed E-state index contributed by atoms with van der Waals surface area (Å²) >= 11 is 0. The normalized spacial score (nSPS) is 35.9. The highest BCUT2D eigenvalue weighted by atomic mass is 16.6. The van der Waals surface area contributed by atoms with E-state index in [0.717, 1.165) is 74.4 Å². The fraction of sp³-hybridized carbons (Fsp3) is 0.914. The van der Waals surface area contributed by atoms with Crippen molar-refractivity contribution in [1.29, 1.82) is 0 Å². The van der Waals surface area contributed by atoms with E-state index in [1.165, 1.54) is 70.6 Å². The quantitative estimate of drug-likeness (QED) is 0.178. The Bertz CT molecular complexity index is 842. The van der Waals surface area contributed by atoms with E-state index in [2.05, 4.69) is 57.1 Å². The van der Waals surface area contributed by atoms with Gasteiger partial charge in [0.05, 0.1) is 19.6 Å².